The maximum atomic E-state index is 16.0. The van der Waals surface area contributed by atoms with Crippen LogP contribution in [0.2, 0.25) is 0 Å². The number of carbonyl (C=O) groups excluding carboxylic acids is 2. The number of amides is 2. The molecule has 3 fully saturated rings. The lowest BCUT2D eigenvalue weighted by atomic mass is 9.92. The first-order valence-corrected chi connectivity index (χ1v) is 28.4. The zero-order chi connectivity index (χ0) is 60.0. The summed E-state index contributed by atoms with van der Waals surface area (Å²) in [6.45, 7) is 5.27. The van der Waals surface area contributed by atoms with Crippen LogP contribution in [-0.2, 0) is 27.1 Å². The molecule has 25 heteroatoms. The highest BCUT2D eigenvalue weighted by Gasteiger charge is 2.44. The summed E-state index contributed by atoms with van der Waals surface area (Å²) in [5.41, 5.74) is 6.71. The van der Waals surface area contributed by atoms with E-state index in [0.717, 1.165) is 36.3 Å². The number of fused-ring (bicyclic) bond motifs is 4. The maximum Gasteiger partial charge on any atom is 0.417 e. The number of rotatable bonds is 18. The van der Waals surface area contributed by atoms with Gasteiger partial charge in [0.15, 0.2) is 5.75 Å². The Bertz CT molecular complexity index is 3850. The van der Waals surface area contributed by atoms with E-state index in [4.69, 9.17) is 29.9 Å². The number of thiophene rings is 1. The Hall–Kier alpha value is -8.41. The smallest absolute Gasteiger partial charge is 0.417 e. The molecule has 4 aromatic carbocycles. The molecule has 0 radical (unpaired) electrons. The highest BCUT2D eigenvalue weighted by Crippen LogP contribution is 2.52. The van der Waals surface area contributed by atoms with Crippen molar-refractivity contribution < 1.29 is 56.0 Å². The van der Waals surface area contributed by atoms with E-state index in [2.05, 4.69) is 25.9 Å². The highest BCUT2D eigenvalue weighted by molar-refractivity contribution is 7.23. The molecule has 7 heterocycles. The van der Waals surface area contributed by atoms with E-state index in [1.165, 1.54) is 41.1 Å². The molecule has 11 rings (SSSR count). The van der Waals surface area contributed by atoms with Crippen LogP contribution in [0.25, 0.3) is 54.6 Å². The van der Waals surface area contributed by atoms with Gasteiger partial charge in [0.05, 0.1) is 46.9 Å². The normalized spacial score (nSPS) is 18.9. The third-order valence-electron chi connectivity index (χ3n) is 15.8. The number of benzene rings is 4. The number of nitrogens with zero attached hydrogens (tertiary/aromatic N) is 9. The fourth-order valence-corrected chi connectivity index (χ4v) is 12.5. The number of carbonyl (C=O) groups is 2. The molecular formula is C60H59F5N12O7S. The lowest BCUT2D eigenvalue weighted by Gasteiger charge is -2.34. The fourth-order valence-electron chi connectivity index (χ4n) is 11.5. The first-order chi connectivity index (χ1) is 40.8. The van der Waals surface area contributed by atoms with Crippen molar-refractivity contribution >= 4 is 55.0 Å². The molecule has 442 valence electrons. The number of anilines is 2. The lowest BCUT2D eigenvalue weighted by Crippen LogP contribution is -2.51. The first kappa shape index (κ1) is 58.4. The van der Waals surface area contributed by atoms with Crippen LogP contribution in [-0.4, -0.2) is 127 Å². The average molecular weight is 1190 g/mol. The minimum atomic E-state index is -5.05. The van der Waals surface area contributed by atoms with Gasteiger partial charge in [-0.05, 0) is 66.6 Å². The number of β-amino-alcohol motifs (C(OH)–C–C–N with tert-alkyl or cyclic N) is 1. The van der Waals surface area contributed by atoms with Gasteiger partial charge in [0.1, 0.15) is 70.7 Å². The van der Waals surface area contributed by atoms with Gasteiger partial charge in [-0.2, -0.15) is 28.4 Å². The molecule has 85 heavy (non-hydrogen) atoms. The van der Waals surface area contributed by atoms with Crippen molar-refractivity contribution in [3.63, 3.8) is 0 Å². The van der Waals surface area contributed by atoms with Crippen LogP contribution < -0.4 is 30.7 Å². The van der Waals surface area contributed by atoms with E-state index >= 15 is 17.6 Å². The van der Waals surface area contributed by atoms with Gasteiger partial charge in [0.2, 0.25) is 11.8 Å². The van der Waals surface area contributed by atoms with Gasteiger partial charge >= 0.3 is 12.2 Å². The van der Waals surface area contributed by atoms with E-state index in [0.29, 0.717) is 41.0 Å². The monoisotopic (exact) mass is 1190 g/mol. The number of piperazine rings is 1. The van der Waals surface area contributed by atoms with E-state index in [1.807, 2.05) is 11.0 Å². The third-order valence-corrected chi connectivity index (χ3v) is 16.8. The summed E-state index contributed by atoms with van der Waals surface area (Å²) >= 11 is 0.746. The molecule has 3 aliphatic rings. The van der Waals surface area contributed by atoms with E-state index in [-0.39, 0.29) is 98.7 Å². The summed E-state index contributed by atoms with van der Waals surface area (Å²) in [6.07, 6.45) is -1.79. The van der Waals surface area contributed by atoms with Crippen LogP contribution in [0.5, 0.6) is 11.8 Å². The second kappa shape index (κ2) is 23.9. The van der Waals surface area contributed by atoms with Crippen LogP contribution in [0.1, 0.15) is 74.4 Å². The number of alkyl halides is 3. The third kappa shape index (κ3) is 11.6. The number of hydrogen-bond acceptors (Lipinski definition) is 17. The van der Waals surface area contributed by atoms with Gasteiger partial charge in [-0.1, -0.05) is 73.7 Å². The Labute approximate surface area is 488 Å². The van der Waals surface area contributed by atoms with Crippen molar-refractivity contribution in [2.24, 2.45) is 5.92 Å². The Kier molecular flexibility index (Phi) is 16.4. The predicted molar refractivity (Wildman–Crippen MR) is 306 cm³/mol. The Balaban J connectivity index is 0.893. The number of pyridine rings is 1. The summed E-state index contributed by atoms with van der Waals surface area (Å²) in [7, 11) is 1.50. The summed E-state index contributed by atoms with van der Waals surface area (Å²) in [5, 5.41) is 46.5. The number of nitriles is 1. The summed E-state index contributed by atoms with van der Waals surface area (Å²) in [4.78, 5) is 45.4. The SMILES string of the molecule is CO[C@@H](C)COc1nc(N2CC3CCC(C2)N3)c2cc(C(F)(F)F)c(-c3ccc(F)c4sc(N)c(C#N)c34)c(OCc3ccc(-c4cn([C@H](C(=O)N5C[C@H](O)C[C@H]5C(=O)N[C@@H](CO)c5ccc(-c6ncccc6F)cc5)C(C)C)nn4)cc3)c2n1. The van der Waals surface area contributed by atoms with Gasteiger partial charge in [0.25, 0.3) is 0 Å². The van der Waals surface area contributed by atoms with Crippen molar-refractivity contribution in [3.8, 4) is 51.5 Å². The summed E-state index contributed by atoms with van der Waals surface area (Å²) < 4.78 is 97.4. The van der Waals surface area contributed by atoms with Gasteiger partial charge in [-0.15, -0.1) is 16.4 Å². The molecule has 3 aliphatic heterocycles. The molecule has 19 nitrogen and oxygen atoms in total. The number of ether oxygens (including phenoxy) is 3. The first-order valence-electron chi connectivity index (χ1n) is 27.6. The topological polar surface area (TPSA) is 252 Å². The molecule has 2 amide bonds. The second-order valence-electron chi connectivity index (χ2n) is 21.9. The predicted octanol–water partition coefficient (Wildman–Crippen LogP) is 8.52. The van der Waals surface area contributed by atoms with Crippen LogP contribution in [0, 0.1) is 28.9 Å². The molecule has 2 unspecified atom stereocenters. The molecule has 7 atom stereocenters. The number of methoxy groups -OCH3 is 1. The van der Waals surface area contributed by atoms with Gasteiger partial charge in [-0.25, -0.2) is 13.5 Å². The average Bonchev–Trinajstić information content (AvgIpc) is 2.65. The number of halogens is 5. The largest absolute Gasteiger partial charge is 0.486 e. The van der Waals surface area contributed by atoms with Crippen LogP contribution in [0.3, 0.4) is 0 Å². The number of aliphatic hydroxyl groups excluding tert-OH is 2. The van der Waals surface area contributed by atoms with Gasteiger partial charge in [0, 0.05) is 78.9 Å². The molecule has 6 N–H and O–H groups in total. The molecule has 0 saturated carbocycles. The molecule has 2 bridgehead atoms. The van der Waals surface area contributed by atoms with Crippen LogP contribution >= 0.6 is 11.3 Å². The number of nitrogens with two attached hydrogens (primary N) is 1. The summed E-state index contributed by atoms with van der Waals surface area (Å²) in [5.74, 6) is -2.94. The van der Waals surface area contributed by atoms with Crippen molar-refractivity contribution in [2.75, 3.05) is 50.6 Å². The van der Waals surface area contributed by atoms with Crippen molar-refractivity contribution in [1.82, 2.24) is 45.5 Å². The number of aromatic nitrogens is 6. The van der Waals surface area contributed by atoms with Crippen LogP contribution in [0.15, 0.2) is 91.3 Å². The molecular weight excluding hydrogens is 1130 g/mol. The van der Waals surface area contributed by atoms with Gasteiger partial charge in [-0.3, -0.25) is 14.6 Å². The minimum Gasteiger partial charge on any atom is -0.486 e. The Morgan fingerprint density at radius 3 is 2.36 bits per heavy atom. The number of aliphatic hydroxyl groups is 2. The Morgan fingerprint density at radius 2 is 1.69 bits per heavy atom. The summed E-state index contributed by atoms with van der Waals surface area (Å²) in [6, 6.07) is 18.2. The van der Waals surface area contributed by atoms with E-state index in [1.54, 1.807) is 75.5 Å². The number of nitrogens with one attached hydrogen (secondary N) is 2. The molecule has 8 aromatic rings. The molecule has 3 saturated heterocycles. The van der Waals surface area contributed by atoms with Crippen molar-refractivity contribution in [2.45, 2.75) is 95.2 Å². The van der Waals surface area contributed by atoms with Crippen molar-refractivity contribution in [3.05, 3.63) is 125 Å². The molecule has 0 spiro atoms. The minimum absolute atomic E-state index is 0.00282. The molecule has 4 aromatic heterocycles. The zero-order valence-corrected chi connectivity index (χ0v) is 47.3. The zero-order valence-electron chi connectivity index (χ0n) is 46.5. The standard InChI is InChI=1S/C60H59F5N12O7S/c1-30(2)52(58(81)76-25-38(79)20-47(76)57(80)70-46(27-78)34-11-13-35(14-12-34)50-43(61)6-5-19-68-50)77-26-45(73-74-77)33-9-7-32(8-10-33)29-83-53-49(39-17-18-44(62)54-48(39)41(22-66)55(67)85-54)42(60(63,64)65)21-40-51(53)71-59(84-28-31(3)82-4)72-56(40)75-23-36-15-16-37(24-75)69-36/h5-14,17-19,21,26,30-31,36-38,46-47,52,69,78-79H,15-16,20,23-25,27-29,67H2,1-4H3,(H,70,80)/t31-,36?,37?,38+,46-,47-,52-/m0/s1. The number of nitrogen functional groups attached to an aromatic ring is 1. The quantitative estimate of drug-likeness (QED) is 0.0505. The Morgan fingerprint density at radius 1 is 0.965 bits per heavy atom. The second-order valence-corrected chi connectivity index (χ2v) is 22.9. The number of likely N-dealkylation sites (tertiary alicyclic amines) is 1. The maximum absolute atomic E-state index is 16.0. The molecule has 0 aliphatic carbocycles. The van der Waals surface area contributed by atoms with Gasteiger partial charge < -0.3 is 50.6 Å². The fraction of sp³-hybridized carbons (Fsp3) is 0.367. The lowest BCUT2D eigenvalue weighted by molar-refractivity contribution is -0.142. The van der Waals surface area contributed by atoms with E-state index in [9.17, 15) is 29.5 Å². The highest BCUT2D eigenvalue weighted by atomic mass is 32.1. The van der Waals surface area contributed by atoms with Crippen molar-refractivity contribution in [1.29, 1.82) is 5.26 Å². The van der Waals surface area contributed by atoms with E-state index < -0.39 is 83.6 Å². The number of hydrogen-bond donors (Lipinski definition) is 5. The van der Waals surface area contributed by atoms with Crippen LogP contribution in [0.4, 0.5) is 32.8 Å².